The van der Waals surface area contributed by atoms with Crippen LogP contribution < -0.4 is 0 Å². The molecule has 7 heavy (non-hydrogen) atoms. The van der Waals surface area contributed by atoms with Crippen molar-refractivity contribution in [3.63, 3.8) is 0 Å². The molecule has 0 atom stereocenters. The zero-order valence-corrected chi connectivity index (χ0v) is 3.73. The molecule has 0 unspecified atom stereocenters. The van der Waals surface area contributed by atoms with Crippen molar-refractivity contribution in [2.24, 2.45) is 0 Å². The van der Waals surface area contributed by atoms with Crippen LogP contribution >= 0.6 is 0 Å². The van der Waals surface area contributed by atoms with Crippen LogP contribution in [0.4, 0.5) is 4.39 Å². The minimum atomic E-state index is -0.605. The molecule has 0 bridgehead atoms. The van der Waals surface area contributed by atoms with Gasteiger partial charge in [-0.15, -0.1) is 0 Å². The van der Waals surface area contributed by atoms with Gasteiger partial charge >= 0.3 is 0 Å². The maximum Gasteiger partial charge on any atom is 0.142 e. The Morgan fingerprint density at radius 1 is 1.71 bits per heavy atom. The first kappa shape index (κ1) is 6.08. The first-order valence-corrected chi connectivity index (χ1v) is 1.73. The van der Waals surface area contributed by atoms with Gasteiger partial charge in [0.2, 0.25) is 0 Å². The maximum absolute atomic E-state index is 11.4. The molecule has 0 rings (SSSR count). The van der Waals surface area contributed by atoms with E-state index in [1.54, 1.807) is 0 Å². The van der Waals surface area contributed by atoms with Gasteiger partial charge in [0.25, 0.3) is 0 Å². The molecule has 0 radical (unpaired) electrons. The molecule has 0 aromatic heterocycles. The summed E-state index contributed by atoms with van der Waals surface area (Å²) in [6.07, 6.45) is 2.53. The molecule has 0 saturated heterocycles. The Morgan fingerprint density at radius 2 is 2.29 bits per heavy atom. The lowest BCUT2D eigenvalue weighted by Crippen LogP contribution is -1.59. The van der Waals surface area contributed by atoms with E-state index in [1.165, 1.54) is 0 Å². The van der Waals surface area contributed by atoms with Crippen LogP contribution in [0.1, 0.15) is 0 Å². The van der Waals surface area contributed by atoms with E-state index in [0.717, 1.165) is 12.2 Å². The largest absolute Gasteiger partial charge is 0.299 e. The average molecular weight is 100 g/mol. The van der Waals surface area contributed by atoms with Crippen LogP contribution in [0.5, 0.6) is 0 Å². The summed E-state index contributed by atoms with van der Waals surface area (Å²) in [5, 5.41) is 0. The summed E-state index contributed by atoms with van der Waals surface area (Å²) in [5.41, 5.74) is 0. The van der Waals surface area contributed by atoms with Gasteiger partial charge in [-0.25, -0.2) is 4.39 Å². The molecule has 0 saturated carbocycles. The maximum atomic E-state index is 11.4. The van der Waals surface area contributed by atoms with Crippen LogP contribution in [0.25, 0.3) is 0 Å². The van der Waals surface area contributed by atoms with Crippen molar-refractivity contribution in [2.45, 2.75) is 0 Å². The summed E-state index contributed by atoms with van der Waals surface area (Å²) < 4.78 is 11.4. The molecule has 1 nitrogen and oxygen atoms in total. The molecule has 0 aromatic carbocycles. The van der Waals surface area contributed by atoms with Crippen molar-refractivity contribution in [1.82, 2.24) is 0 Å². The fourth-order valence-electron chi connectivity index (χ4n) is 0.144. The third kappa shape index (κ3) is 5.08. The van der Waals surface area contributed by atoms with Crippen LogP contribution in [-0.2, 0) is 4.79 Å². The van der Waals surface area contributed by atoms with Crippen LogP contribution in [0.15, 0.2) is 24.6 Å². The zero-order chi connectivity index (χ0) is 5.70. The van der Waals surface area contributed by atoms with Crippen molar-refractivity contribution in [3.8, 4) is 0 Å². The van der Waals surface area contributed by atoms with Gasteiger partial charge in [-0.1, -0.05) is 6.58 Å². The monoisotopic (exact) mass is 100 g/mol. The molecule has 0 aromatic rings. The number of carbonyl (C=O) groups excluding carboxylic acids is 1. The van der Waals surface area contributed by atoms with E-state index < -0.39 is 5.83 Å². The molecular weight excluding hydrogens is 95.1 g/mol. The summed E-state index contributed by atoms with van der Waals surface area (Å²) in [5.74, 6) is -0.605. The Morgan fingerprint density at radius 3 is 2.43 bits per heavy atom. The molecular formula is C5H5FO. The predicted molar refractivity (Wildman–Crippen MR) is 25.5 cm³/mol. The SMILES string of the molecule is C=C(F)/C=C/C=O. The number of halogens is 1. The van der Waals surface area contributed by atoms with E-state index in [4.69, 9.17) is 0 Å². The Bertz CT molecular complexity index is 105. The van der Waals surface area contributed by atoms with Gasteiger partial charge in [-0.05, 0) is 12.2 Å². The van der Waals surface area contributed by atoms with Gasteiger partial charge in [-0.2, -0.15) is 0 Å². The summed E-state index contributed by atoms with van der Waals surface area (Å²) in [6, 6.07) is 0. The molecule has 0 fully saturated rings. The first-order chi connectivity index (χ1) is 3.27. The van der Waals surface area contributed by atoms with Crippen molar-refractivity contribution in [1.29, 1.82) is 0 Å². The van der Waals surface area contributed by atoms with Gasteiger partial charge in [0.05, 0.1) is 0 Å². The quantitative estimate of drug-likeness (QED) is 0.289. The molecule has 38 valence electrons. The molecule has 0 N–H and O–H groups in total. The predicted octanol–water partition coefficient (Wildman–Crippen LogP) is 1.22. The Labute approximate surface area is 41.1 Å². The molecule has 0 aliphatic heterocycles. The smallest absolute Gasteiger partial charge is 0.142 e. The van der Waals surface area contributed by atoms with Crippen molar-refractivity contribution >= 4 is 6.29 Å². The second kappa shape index (κ2) is 3.28. The summed E-state index contributed by atoms with van der Waals surface area (Å²) in [6.45, 7) is 2.88. The topological polar surface area (TPSA) is 17.1 Å². The van der Waals surface area contributed by atoms with Crippen LogP contribution in [-0.4, -0.2) is 6.29 Å². The number of rotatable bonds is 2. The second-order valence-electron chi connectivity index (χ2n) is 0.942. The van der Waals surface area contributed by atoms with Gasteiger partial charge in [0.15, 0.2) is 0 Å². The third-order valence-electron chi connectivity index (χ3n) is 0.356. The fraction of sp³-hybridized carbons (Fsp3) is 0. The molecule has 2 heteroatoms. The number of hydrogen-bond acceptors (Lipinski definition) is 1. The van der Waals surface area contributed by atoms with Crippen LogP contribution in [0.2, 0.25) is 0 Å². The van der Waals surface area contributed by atoms with Crippen LogP contribution in [0, 0.1) is 0 Å². The number of hydrogen-bond donors (Lipinski definition) is 0. The Hall–Kier alpha value is -0.920. The lowest BCUT2D eigenvalue weighted by Gasteiger charge is -1.70. The zero-order valence-electron chi connectivity index (χ0n) is 3.73. The van der Waals surface area contributed by atoms with Crippen molar-refractivity contribution in [3.05, 3.63) is 24.6 Å². The number of carbonyl (C=O) groups is 1. The summed E-state index contributed by atoms with van der Waals surface area (Å²) in [4.78, 5) is 9.41. The van der Waals surface area contributed by atoms with E-state index >= 15 is 0 Å². The minimum absolute atomic E-state index is 0.491. The van der Waals surface area contributed by atoms with Gasteiger partial charge < -0.3 is 0 Å². The molecule has 0 heterocycles. The highest BCUT2D eigenvalue weighted by Gasteiger charge is 1.72. The lowest BCUT2D eigenvalue weighted by atomic mass is 10.5. The van der Waals surface area contributed by atoms with Gasteiger partial charge in [-0.3, -0.25) is 4.79 Å². The van der Waals surface area contributed by atoms with E-state index in [0.29, 0.717) is 6.29 Å². The molecule has 0 aliphatic carbocycles. The molecule has 0 aliphatic rings. The van der Waals surface area contributed by atoms with E-state index in [-0.39, 0.29) is 0 Å². The van der Waals surface area contributed by atoms with E-state index in [9.17, 15) is 9.18 Å². The second-order valence-corrected chi connectivity index (χ2v) is 0.942. The number of aldehydes is 1. The van der Waals surface area contributed by atoms with Crippen molar-refractivity contribution < 1.29 is 9.18 Å². The van der Waals surface area contributed by atoms with Crippen LogP contribution in [0.3, 0.4) is 0 Å². The average Bonchev–Trinajstić information content (AvgIpc) is 1.61. The summed E-state index contributed by atoms with van der Waals surface area (Å²) >= 11 is 0. The highest BCUT2D eigenvalue weighted by molar-refractivity contribution is 5.65. The van der Waals surface area contributed by atoms with E-state index in [1.807, 2.05) is 0 Å². The van der Waals surface area contributed by atoms with Gasteiger partial charge in [0, 0.05) is 0 Å². The number of allylic oxidation sites excluding steroid dienone is 3. The Balaban J connectivity index is 3.46. The highest BCUT2D eigenvalue weighted by atomic mass is 19.1. The standard InChI is InChI=1S/C5H5FO/c1-5(6)3-2-4-7/h2-4H,1H2/b3-2+. The molecule has 0 spiro atoms. The van der Waals surface area contributed by atoms with E-state index in [2.05, 4.69) is 6.58 Å². The summed E-state index contributed by atoms with van der Waals surface area (Å²) in [7, 11) is 0. The normalized spacial score (nSPS) is 9.29. The van der Waals surface area contributed by atoms with Gasteiger partial charge in [0.1, 0.15) is 12.1 Å². The Kier molecular flexibility index (Phi) is 2.85. The highest BCUT2D eigenvalue weighted by Crippen LogP contribution is 1.89. The molecule has 0 amide bonds. The van der Waals surface area contributed by atoms with Crippen molar-refractivity contribution in [2.75, 3.05) is 0 Å². The third-order valence-corrected chi connectivity index (χ3v) is 0.356. The first-order valence-electron chi connectivity index (χ1n) is 1.73. The lowest BCUT2D eigenvalue weighted by molar-refractivity contribution is -0.104. The minimum Gasteiger partial charge on any atom is -0.299 e. The fourth-order valence-corrected chi connectivity index (χ4v) is 0.144.